The van der Waals surface area contributed by atoms with E-state index < -0.39 is 12.1 Å². The van der Waals surface area contributed by atoms with Gasteiger partial charge in [0, 0.05) is 25.3 Å². The lowest BCUT2D eigenvalue weighted by atomic mass is 10.2. The minimum atomic E-state index is -1.05. The molecule has 1 saturated heterocycles. The molecule has 0 saturated carbocycles. The fourth-order valence-electron chi connectivity index (χ4n) is 2.58. The maximum absolute atomic E-state index is 10.9. The quantitative estimate of drug-likeness (QED) is 0.705. The lowest BCUT2D eigenvalue weighted by Crippen LogP contribution is -2.38. The van der Waals surface area contributed by atoms with E-state index >= 15 is 0 Å². The highest BCUT2D eigenvalue weighted by Crippen LogP contribution is 2.29. The summed E-state index contributed by atoms with van der Waals surface area (Å²) in [5, 5.41) is 18.8. The highest BCUT2D eigenvalue weighted by Gasteiger charge is 2.33. The van der Waals surface area contributed by atoms with Gasteiger partial charge < -0.3 is 25.7 Å². The molecule has 1 aromatic heterocycles. The fraction of sp³-hybridized carbons (Fsp3) is 0.538. The first-order valence-electron chi connectivity index (χ1n) is 6.46. The highest BCUT2D eigenvalue weighted by molar-refractivity contribution is 5.89. The van der Waals surface area contributed by atoms with Crippen LogP contribution in [0.25, 0.3) is 0 Å². The van der Waals surface area contributed by atoms with E-state index in [1.807, 2.05) is 23.9 Å². The predicted octanol–water partition coefficient (Wildman–Crippen LogP) is -0.137. The number of aliphatic hydroxyl groups excluding tert-OH is 1. The summed E-state index contributed by atoms with van der Waals surface area (Å²) in [6, 6.07) is 1.52. The Bertz CT molecular complexity index is 506. The van der Waals surface area contributed by atoms with Gasteiger partial charge in [0.05, 0.1) is 17.4 Å². The Hall–Kier alpha value is -1.86. The van der Waals surface area contributed by atoms with Crippen LogP contribution in [0.4, 0.5) is 11.5 Å². The summed E-state index contributed by atoms with van der Waals surface area (Å²) in [7, 11) is 3.93. The second-order valence-corrected chi connectivity index (χ2v) is 5.40. The summed E-state index contributed by atoms with van der Waals surface area (Å²) < 4.78 is 0. The number of carbonyl (C=O) groups is 1. The molecule has 2 rings (SSSR count). The van der Waals surface area contributed by atoms with E-state index in [-0.39, 0.29) is 11.6 Å². The van der Waals surface area contributed by atoms with Crippen molar-refractivity contribution < 1.29 is 15.0 Å². The first-order chi connectivity index (χ1) is 9.38. The number of β-amino-alcohol motifs (C(OH)–C–C–N with tert-alkyl or cyclic N) is 1. The third-order valence-corrected chi connectivity index (χ3v) is 3.38. The number of rotatable bonds is 4. The second kappa shape index (κ2) is 5.64. The van der Waals surface area contributed by atoms with Crippen LogP contribution >= 0.6 is 0 Å². The Morgan fingerprint density at radius 2 is 2.30 bits per heavy atom. The molecule has 0 amide bonds. The van der Waals surface area contributed by atoms with Crippen molar-refractivity contribution in [3.05, 3.63) is 17.8 Å². The number of anilines is 2. The SMILES string of the molecule is CN(C)CC1CC(O)CN1c1ncc(C(=O)O)cc1N. The number of aromatic nitrogens is 1. The molecule has 4 N–H and O–H groups in total. The fourth-order valence-corrected chi connectivity index (χ4v) is 2.58. The Kier molecular flexibility index (Phi) is 4.10. The topological polar surface area (TPSA) is 103 Å². The molecular weight excluding hydrogens is 260 g/mol. The van der Waals surface area contributed by atoms with E-state index in [1.165, 1.54) is 12.3 Å². The van der Waals surface area contributed by atoms with Crippen molar-refractivity contribution in [3.63, 3.8) is 0 Å². The molecule has 0 spiro atoms. The van der Waals surface area contributed by atoms with Crippen LogP contribution in [0.3, 0.4) is 0 Å². The monoisotopic (exact) mass is 280 g/mol. The zero-order chi connectivity index (χ0) is 14.9. The van der Waals surface area contributed by atoms with Crippen molar-refractivity contribution in [2.45, 2.75) is 18.6 Å². The number of hydrogen-bond donors (Lipinski definition) is 3. The van der Waals surface area contributed by atoms with E-state index in [0.717, 1.165) is 6.54 Å². The molecule has 0 radical (unpaired) electrons. The third kappa shape index (κ3) is 3.00. The highest BCUT2D eigenvalue weighted by atomic mass is 16.4. The molecule has 2 atom stereocenters. The van der Waals surface area contributed by atoms with Gasteiger partial charge in [-0.15, -0.1) is 0 Å². The molecule has 2 heterocycles. The van der Waals surface area contributed by atoms with Crippen LogP contribution in [-0.4, -0.2) is 65.4 Å². The Balaban J connectivity index is 2.27. The Morgan fingerprint density at radius 1 is 1.60 bits per heavy atom. The van der Waals surface area contributed by atoms with Gasteiger partial charge in [-0.05, 0) is 26.6 Å². The normalized spacial score (nSPS) is 22.5. The Morgan fingerprint density at radius 3 is 2.85 bits per heavy atom. The largest absolute Gasteiger partial charge is 0.478 e. The number of likely N-dealkylation sites (N-methyl/N-ethyl adjacent to an activating group) is 1. The first kappa shape index (κ1) is 14.5. The number of carboxylic acids is 1. The van der Waals surface area contributed by atoms with Crippen molar-refractivity contribution in [1.29, 1.82) is 0 Å². The summed E-state index contributed by atoms with van der Waals surface area (Å²) in [4.78, 5) is 19.0. The predicted molar refractivity (Wildman–Crippen MR) is 75.9 cm³/mol. The zero-order valence-corrected chi connectivity index (χ0v) is 11.7. The molecule has 20 heavy (non-hydrogen) atoms. The van der Waals surface area contributed by atoms with E-state index in [4.69, 9.17) is 10.8 Å². The van der Waals surface area contributed by atoms with Gasteiger partial charge in [-0.25, -0.2) is 9.78 Å². The average molecular weight is 280 g/mol. The van der Waals surface area contributed by atoms with Gasteiger partial charge in [0.25, 0.3) is 0 Å². The first-order valence-corrected chi connectivity index (χ1v) is 6.46. The van der Waals surface area contributed by atoms with Crippen molar-refractivity contribution >= 4 is 17.5 Å². The van der Waals surface area contributed by atoms with Gasteiger partial charge in [-0.3, -0.25) is 0 Å². The molecular formula is C13H20N4O3. The van der Waals surface area contributed by atoms with Gasteiger partial charge in [0.15, 0.2) is 5.82 Å². The van der Waals surface area contributed by atoms with Crippen LogP contribution in [0.2, 0.25) is 0 Å². The van der Waals surface area contributed by atoms with E-state index in [1.54, 1.807) is 0 Å². The molecule has 110 valence electrons. The Labute approximate surface area is 117 Å². The van der Waals surface area contributed by atoms with Crippen LogP contribution in [0.1, 0.15) is 16.8 Å². The molecule has 7 heteroatoms. The van der Waals surface area contributed by atoms with Gasteiger partial charge in [-0.1, -0.05) is 0 Å². The number of aliphatic hydroxyl groups is 1. The standard InChI is InChI=1S/C13H20N4O3/c1-16(2)6-9-4-10(18)7-17(9)12-11(14)3-8(5-15-12)13(19)20/h3,5,9-10,18H,4,6-7,14H2,1-2H3,(H,19,20). The van der Waals surface area contributed by atoms with E-state index in [0.29, 0.717) is 24.5 Å². The molecule has 1 aliphatic rings. The smallest absolute Gasteiger partial charge is 0.337 e. The molecule has 7 nitrogen and oxygen atoms in total. The molecule has 1 aliphatic heterocycles. The van der Waals surface area contributed by atoms with Crippen LogP contribution in [0.15, 0.2) is 12.3 Å². The molecule has 1 aromatic rings. The molecule has 2 unspecified atom stereocenters. The zero-order valence-electron chi connectivity index (χ0n) is 11.7. The number of carboxylic acid groups (broad SMARTS) is 1. The average Bonchev–Trinajstić information content (AvgIpc) is 2.68. The number of nitrogens with zero attached hydrogens (tertiary/aromatic N) is 3. The van der Waals surface area contributed by atoms with E-state index in [9.17, 15) is 9.90 Å². The minimum Gasteiger partial charge on any atom is -0.478 e. The molecule has 1 fully saturated rings. The van der Waals surface area contributed by atoms with Crippen molar-refractivity contribution in [3.8, 4) is 0 Å². The summed E-state index contributed by atoms with van der Waals surface area (Å²) >= 11 is 0. The maximum atomic E-state index is 10.9. The van der Waals surface area contributed by atoms with Crippen LogP contribution in [0.5, 0.6) is 0 Å². The summed E-state index contributed by atoms with van der Waals surface area (Å²) in [5.74, 6) is -0.513. The van der Waals surface area contributed by atoms with Crippen molar-refractivity contribution in [2.24, 2.45) is 0 Å². The number of nitrogens with two attached hydrogens (primary N) is 1. The van der Waals surface area contributed by atoms with E-state index in [2.05, 4.69) is 4.98 Å². The lowest BCUT2D eigenvalue weighted by Gasteiger charge is -2.28. The number of pyridine rings is 1. The van der Waals surface area contributed by atoms with Crippen LogP contribution < -0.4 is 10.6 Å². The summed E-state index contributed by atoms with van der Waals surface area (Å²) in [6.07, 6.45) is 1.53. The molecule has 0 aliphatic carbocycles. The molecule has 0 bridgehead atoms. The van der Waals surface area contributed by atoms with Crippen LogP contribution in [0, 0.1) is 0 Å². The molecule has 0 aromatic carbocycles. The van der Waals surface area contributed by atoms with Gasteiger partial charge in [0.2, 0.25) is 0 Å². The third-order valence-electron chi connectivity index (χ3n) is 3.38. The number of aromatic carboxylic acids is 1. The van der Waals surface area contributed by atoms with Gasteiger partial charge >= 0.3 is 5.97 Å². The second-order valence-electron chi connectivity index (χ2n) is 5.40. The number of nitrogen functional groups attached to an aromatic ring is 1. The maximum Gasteiger partial charge on any atom is 0.337 e. The number of hydrogen-bond acceptors (Lipinski definition) is 6. The van der Waals surface area contributed by atoms with Crippen molar-refractivity contribution in [1.82, 2.24) is 9.88 Å². The van der Waals surface area contributed by atoms with Crippen molar-refractivity contribution in [2.75, 3.05) is 37.8 Å². The minimum absolute atomic E-state index is 0.0650. The lowest BCUT2D eigenvalue weighted by molar-refractivity contribution is 0.0696. The van der Waals surface area contributed by atoms with Gasteiger partial charge in [0.1, 0.15) is 0 Å². The summed E-state index contributed by atoms with van der Waals surface area (Å²) in [6.45, 7) is 1.24. The van der Waals surface area contributed by atoms with Crippen LogP contribution in [-0.2, 0) is 0 Å². The summed E-state index contributed by atoms with van der Waals surface area (Å²) in [5.41, 5.74) is 6.30. The van der Waals surface area contributed by atoms with Gasteiger partial charge in [-0.2, -0.15) is 0 Å².